The molecule has 0 aliphatic carbocycles. The molecule has 0 spiro atoms. The summed E-state index contributed by atoms with van der Waals surface area (Å²) < 4.78 is 0. The fourth-order valence-corrected chi connectivity index (χ4v) is 2.06. The Labute approximate surface area is 88.7 Å². The van der Waals surface area contributed by atoms with Gasteiger partial charge >= 0.3 is 0 Å². The molecule has 0 saturated carbocycles. The average Bonchev–Trinajstić information content (AvgIpc) is 2.47. The number of aryl methyl sites for hydroxylation is 2. The van der Waals surface area contributed by atoms with Crippen molar-refractivity contribution in [2.45, 2.75) is 20.8 Å². The summed E-state index contributed by atoms with van der Waals surface area (Å²) in [5, 5.41) is 0. The highest BCUT2D eigenvalue weighted by atomic mass is 16.2. The molecule has 3 nitrogen and oxygen atoms in total. The number of ketones is 1. The molecule has 1 aliphatic rings. The SMILES string of the molecule is CCN1C(=O)C(=O)c2c(C)ccc(C)c21. The molecule has 78 valence electrons. The lowest BCUT2D eigenvalue weighted by molar-refractivity contribution is -0.114. The molecule has 1 aliphatic heterocycles. The second kappa shape index (κ2) is 3.19. The monoisotopic (exact) mass is 203 g/mol. The van der Waals surface area contributed by atoms with Gasteiger partial charge in [-0.1, -0.05) is 12.1 Å². The molecular weight excluding hydrogens is 190 g/mol. The van der Waals surface area contributed by atoms with Gasteiger partial charge in [0.25, 0.3) is 11.7 Å². The third-order valence-electron chi connectivity index (χ3n) is 2.84. The number of carbonyl (C=O) groups is 2. The minimum atomic E-state index is -0.398. The Kier molecular flexibility index (Phi) is 2.11. The summed E-state index contributed by atoms with van der Waals surface area (Å²) in [7, 11) is 0. The van der Waals surface area contributed by atoms with Crippen LogP contribution in [0.15, 0.2) is 12.1 Å². The third kappa shape index (κ3) is 1.19. The van der Waals surface area contributed by atoms with E-state index >= 15 is 0 Å². The van der Waals surface area contributed by atoms with Crippen LogP contribution in [0, 0.1) is 13.8 Å². The number of amides is 1. The number of fused-ring (bicyclic) bond motifs is 1. The highest BCUT2D eigenvalue weighted by Crippen LogP contribution is 2.34. The van der Waals surface area contributed by atoms with Crippen molar-refractivity contribution < 1.29 is 9.59 Å². The van der Waals surface area contributed by atoms with Gasteiger partial charge in [-0.25, -0.2) is 0 Å². The summed E-state index contributed by atoms with van der Waals surface area (Å²) in [4.78, 5) is 25.0. The Morgan fingerprint density at radius 2 is 1.73 bits per heavy atom. The van der Waals surface area contributed by atoms with Crippen molar-refractivity contribution in [2.24, 2.45) is 0 Å². The number of carbonyl (C=O) groups excluding carboxylic acids is 2. The van der Waals surface area contributed by atoms with E-state index in [2.05, 4.69) is 0 Å². The van der Waals surface area contributed by atoms with Gasteiger partial charge in [0.15, 0.2) is 0 Å². The van der Waals surface area contributed by atoms with Crippen LogP contribution in [0.5, 0.6) is 0 Å². The van der Waals surface area contributed by atoms with Crippen LogP contribution in [0.4, 0.5) is 5.69 Å². The van der Waals surface area contributed by atoms with E-state index in [1.807, 2.05) is 32.9 Å². The van der Waals surface area contributed by atoms with Crippen molar-refractivity contribution in [1.82, 2.24) is 0 Å². The van der Waals surface area contributed by atoms with Gasteiger partial charge in [-0.05, 0) is 31.9 Å². The fraction of sp³-hybridized carbons (Fsp3) is 0.333. The van der Waals surface area contributed by atoms with Gasteiger partial charge in [0.2, 0.25) is 0 Å². The molecule has 3 heteroatoms. The molecule has 0 radical (unpaired) electrons. The third-order valence-corrected chi connectivity index (χ3v) is 2.84. The van der Waals surface area contributed by atoms with Crippen molar-refractivity contribution in [3.8, 4) is 0 Å². The number of nitrogens with zero attached hydrogens (tertiary/aromatic N) is 1. The van der Waals surface area contributed by atoms with E-state index in [-0.39, 0.29) is 5.78 Å². The van der Waals surface area contributed by atoms with Gasteiger partial charge in [-0.2, -0.15) is 0 Å². The molecule has 0 unspecified atom stereocenters. The van der Waals surface area contributed by atoms with Gasteiger partial charge in [-0.15, -0.1) is 0 Å². The smallest absolute Gasteiger partial charge is 0.299 e. The molecule has 1 aromatic carbocycles. The molecular formula is C12H13NO2. The summed E-state index contributed by atoms with van der Waals surface area (Å²) in [6, 6.07) is 3.83. The molecule has 0 bridgehead atoms. The van der Waals surface area contributed by atoms with Crippen LogP contribution in [0.2, 0.25) is 0 Å². The molecule has 1 amide bonds. The zero-order valence-corrected chi connectivity index (χ0v) is 9.13. The van der Waals surface area contributed by atoms with Gasteiger partial charge < -0.3 is 4.90 Å². The Balaban J connectivity index is 2.75. The zero-order valence-electron chi connectivity index (χ0n) is 9.13. The number of Topliss-reactive ketones (excluding diaryl/α,β-unsaturated/α-hetero) is 1. The Morgan fingerprint density at radius 1 is 1.13 bits per heavy atom. The minimum absolute atomic E-state index is 0.368. The molecule has 0 saturated heterocycles. The number of anilines is 1. The number of hydrogen-bond donors (Lipinski definition) is 0. The second-order valence-corrected chi connectivity index (χ2v) is 3.80. The first-order valence-electron chi connectivity index (χ1n) is 5.04. The van der Waals surface area contributed by atoms with Crippen molar-refractivity contribution in [3.63, 3.8) is 0 Å². The zero-order chi connectivity index (χ0) is 11.2. The number of hydrogen-bond acceptors (Lipinski definition) is 2. The minimum Gasteiger partial charge on any atom is -0.305 e. The van der Waals surface area contributed by atoms with Gasteiger partial charge in [0.1, 0.15) is 0 Å². The maximum absolute atomic E-state index is 11.7. The van der Waals surface area contributed by atoms with Crippen LogP contribution in [0.25, 0.3) is 0 Å². The maximum Gasteiger partial charge on any atom is 0.299 e. The van der Waals surface area contributed by atoms with Crippen LogP contribution >= 0.6 is 0 Å². The predicted octanol–water partition coefficient (Wildman–Crippen LogP) is 1.85. The Hall–Kier alpha value is -1.64. The molecule has 0 aromatic heterocycles. The van der Waals surface area contributed by atoms with Crippen molar-refractivity contribution >= 4 is 17.4 Å². The number of benzene rings is 1. The average molecular weight is 203 g/mol. The van der Waals surface area contributed by atoms with Crippen molar-refractivity contribution in [2.75, 3.05) is 11.4 Å². The number of rotatable bonds is 1. The quantitative estimate of drug-likeness (QED) is 0.653. The van der Waals surface area contributed by atoms with Crippen LogP contribution in [-0.4, -0.2) is 18.2 Å². The van der Waals surface area contributed by atoms with Crippen LogP contribution in [0.1, 0.15) is 28.4 Å². The molecule has 1 heterocycles. The second-order valence-electron chi connectivity index (χ2n) is 3.80. The molecule has 15 heavy (non-hydrogen) atoms. The summed E-state index contributed by atoms with van der Waals surface area (Å²) in [6.07, 6.45) is 0. The topological polar surface area (TPSA) is 37.4 Å². The number of likely N-dealkylation sites (N-methyl/N-ethyl adjacent to an activating group) is 1. The maximum atomic E-state index is 11.7. The van der Waals surface area contributed by atoms with E-state index in [1.54, 1.807) is 4.90 Å². The summed E-state index contributed by atoms with van der Waals surface area (Å²) >= 11 is 0. The normalized spacial score (nSPS) is 14.7. The van der Waals surface area contributed by atoms with E-state index in [0.29, 0.717) is 12.1 Å². The van der Waals surface area contributed by atoms with E-state index in [0.717, 1.165) is 16.8 Å². The van der Waals surface area contributed by atoms with E-state index in [9.17, 15) is 9.59 Å². The highest BCUT2D eigenvalue weighted by molar-refractivity contribution is 6.52. The van der Waals surface area contributed by atoms with Crippen molar-refractivity contribution in [3.05, 3.63) is 28.8 Å². The molecule has 0 N–H and O–H groups in total. The standard InChI is InChI=1S/C12H13NO2/c1-4-13-10-8(3)6-5-7(2)9(10)11(14)12(13)15/h5-6H,4H2,1-3H3. The first kappa shape index (κ1) is 9.90. The Morgan fingerprint density at radius 3 is 2.33 bits per heavy atom. The lowest BCUT2D eigenvalue weighted by Gasteiger charge is -2.16. The van der Waals surface area contributed by atoms with Crippen LogP contribution in [0.3, 0.4) is 0 Å². The van der Waals surface area contributed by atoms with Crippen LogP contribution < -0.4 is 4.90 Å². The van der Waals surface area contributed by atoms with Gasteiger partial charge in [-0.3, -0.25) is 9.59 Å². The lowest BCUT2D eigenvalue weighted by Crippen LogP contribution is -2.29. The summed E-state index contributed by atoms with van der Waals surface area (Å²) in [5.74, 6) is -0.766. The van der Waals surface area contributed by atoms with Gasteiger partial charge in [0, 0.05) is 6.54 Å². The molecule has 0 atom stereocenters. The summed E-state index contributed by atoms with van der Waals surface area (Å²) in [5.41, 5.74) is 3.25. The fourth-order valence-electron chi connectivity index (χ4n) is 2.06. The van der Waals surface area contributed by atoms with E-state index < -0.39 is 5.91 Å². The summed E-state index contributed by atoms with van der Waals surface area (Å²) in [6.45, 7) is 6.21. The predicted molar refractivity (Wildman–Crippen MR) is 58.3 cm³/mol. The molecule has 1 aromatic rings. The molecule has 2 rings (SSSR count). The van der Waals surface area contributed by atoms with Crippen LogP contribution in [-0.2, 0) is 4.79 Å². The highest BCUT2D eigenvalue weighted by Gasteiger charge is 2.36. The largest absolute Gasteiger partial charge is 0.305 e. The Bertz CT molecular complexity index is 463. The first-order valence-corrected chi connectivity index (χ1v) is 5.04. The first-order chi connectivity index (χ1) is 7.07. The molecule has 0 fully saturated rings. The van der Waals surface area contributed by atoms with Gasteiger partial charge in [0.05, 0.1) is 11.3 Å². The van der Waals surface area contributed by atoms with Crippen molar-refractivity contribution in [1.29, 1.82) is 0 Å². The lowest BCUT2D eigenvalue weighted by atomic mass is 10.0. The van der Waals surface area contributed by atoms with E-state index in [4.69, 9.17) is 0 Å². The van der Waals surface area contributed by atoms with E-state index in [1.165, 1.54) is 0 Å².